The van der Waals surface area contributed by atoms with E-state index in [-0.39, 0.29) is 11.7 Å². The van der Waals surface area contributed by atoms with Crippen molar-refractivity contribution in [3.63, 3.8) is 0 Å². The van der Waals surface area contributed by atoms with Crippen molar-refractivity contribution in [1.29, 1.82) is 0 Å². The highest BCUT2D eigenvalue weighted by molar-refractivity contribution is 6.31. The maximum absolute atomic E-state index is 12.4. The molecule has 0 unspecified atom stereocenters. The summed E-state index contributed by atoms with van der Waals surface area (Å²) >= 11 is 6.01. The van der Waals surface area contributed by atoms with Crippen LogP contribution < -0.4 is 0 Å². The Kier molecular flexibility index (Phi) is 2.48. The third-order valence-electron chi connectivity index (χ3n) is 3.67. The predicted octanol–water partition coefficient (Wildman–Crippen LogP) is 4.11. The van der Waals surface area contributed by atoms with E-state index in [1.165, 1.54) is 6.42 Å². The molecule has 0 radical (unpaired) electrons. The number of aromatic amines is 1. The highest BCUT2D eigenvalue weighted by Gasteiger charge is 2.29. The van der Waals surface area contributed by atoms with Crippen LogP contribution in [0.2, 0.25) is 5.02 Å². The molecule has 2 aromatic rings. The third-order valence-corrected chi connectivity index (χ3v) is 3.91. The Hall–Kier alpha value is -1.28. The average Bonchev–Trinajstić information content (AvgIpc) is 2.50. The highest BCUT2D eigenvalue weighted by Crippen LogP contribution is 2.34. The van der Waals surface area contributed by atoms with Gasteiger partial charge in [-0.2, -0.15) is 0 Å². The molecule has 0 bridgehead atoms. The second-order valence-corrected chi connectivity index (χ2v) is 5.24. The van der Waals surface area contributed by atoms with Crippen LogP contribution in [0.25, 0.3) is 10.9 Å². The third kappa shape index (κ3) is 1.67. The largest absolute Gasteiger partial charge is 0.358 e. The number of hydrogen-bond donors (Lipinski definition) is 1. The number of Topliss-reactive ketones (excluding diaryl/α,β-unsaturated/α-hetero) is 1. The summed E-state index contributed by atoms with van der Waals surface area (Å²) in [6.45, 7) is 1.96. The van der Waals surface area contributed by atoms with Gasteiger partial charge in [0, 0.05) is 33.1 Å². The topological polar surface area (TPSA) is 32.9 Å². The molecule has 3 heteroatoms. The van der Waals surface area contributed by atoms with Gasteiger partial charge in [0.2, 0.25) is 0 Å². The number of carbonyl (C=O) groups excluding carboxylic acids is 1. The van der Waals surface area contributed by atoms with Crippen molar-refractivity contribution in [2.24, 2.45) is 5.92 Å². The second-order valence-electron chi connectivity index (χ2n) is 4.81. The van der Waals surface area contributed by atoms with Crippen molar-refractivity contribution in [2.75, 3.05) is 0 Å². The summed E-state index contributed by atoms with van der Waals surface area (Å²) in [5.41, 5.74) is 2.79. The number of rotatable bonds is 2. The molecule has 1 saturated carbocycles. The van der Waals surface area contributed by atoms with Gasteiger partial charge in [-0.15, -0.1) is 0 Å². The molecule has 1 heterocycles. The fourth-order valence-electron chi connectivity index (χ4n) is 2.49. The van der Waals surface area contributed by atoms with Gasteiger partial charge in [-0.3, -0.25) is 4.79 Å². The number of aromatic nitrogens is 1. The van der Waals surface area contributed by atoms with Crippen LogP contribution in [0.15, 0.2) is 18.2 Å². The first-order chi connectivity index (χ1) is 8.16. The van der Waals surface area contributed by atoms with Crippen LogP contribution in [0.1, 0.15) is 35.3 Å². The zero-order chi connectivity index (χ0) is 12.0. The Morgan fingerprint density at radius 2 is 2.18 bits per heavy atom. The Labute approximate surface area is 105 Å². The summed E-state index contributed by atoms with van der Waals surface area (Å²) in [7, 11) is 0. The van der Waals surface area contributed by atoms with Crippen LogP contribution in [-0.4, -0.2) is 10.8 Å². The van der Waals surface area contributed by atoms with E-state index in [2.05, 4.69) is 4.98 Å². The van der Waals surface area contributed by atoms with Crippen molar-refractivity contribution in [3.05, 3.63) is 34.5 Å². The summed E-state index contributed by atoms with van der Waals surface area (Å²) in [6, 6.07) is 5.66. The molecule has 1 aliphatic rings. The predicted molar refractivity (Wildman–Crippen MR) is 69.7 cm³/mol. The standard InChI is InChI=1S/C14H14ClNO/c1-8-13(14(17)9-3-2-4-9)11-7-10(15)5-6-12(11)16-8/h5-7,9,16H,2-4H2,1H3. The van der Waals surface area contributed by atoms with Crippen LogP contribution in [-0.2, 0) is 0 Å². The minimum Gasteiger partial charge on any atom is -0.358 e. The Morgan fingerprint density at radius 3 is 2.82 bits per heavy atom. The number of ketones is 1. The van der Waals surface area contributed by atoms with Gasteiger partial charge in [0.15, 0.2) is 5.78 Å². The van der Waals surface area contributed by atoms with E-state index in [9.17, 15) is 4.79 Å². The molecule has 17 heavy (non-hydrogen) atoms. The first-order valence-corrected chi connectivity index (χ1v) is 6.36. The molecule has 0 saturated heterocycles. The number of nitrogens with one attached hydrogen (secondary N) is 1. The van der Waals surface area contributed by atoms with E-state index in [0.29, 0.717) is 5.02 Å². The summed E-state index contributed by atoms with van der Waals surface area (Å²) < 4.78 is 0. The van der Waals surface area contributed by atoms with Crippen LogP contribution in [0.4, 0.5) is 0 Å². The maximum Gasteiger partial charge on any atom is 0.168 e. The number of aryl methyl sites for hydroxylation is 1. The lowest BCUT2D eigenvalue weighted by Gasteiger charge is -2.23. The molecular formula is C14H14ClNO. The lowest BCUT2D eigenvalue weighted by Crippen LogP contribution is -2.22. The molecule has 1 N–H and O–H groups in total. The van der Waals surface area contributed by atoms with Gasteiger partial charge in [0.25, 0.3) is 0 Å². The quantitative estimate of drug-likeness (QED) is 0.796. The minimum absolute atomic E-state index is 0.228. The molecule has 2 nitrogen and oxygen atoms in total. The van der Waals surface area contributed by atoms with Gasteiger partial charge in [-0.05, 0) is 38.0 Å². The molecule has 0 aliphatic heterocycles. The van der Waals surface area contributed by atoms with Gasteiger partial charge >= 0.3 is 0 Å². The zero-order valence-corrected chi connectivity index (χ0v) is 10.5. The molecule has 88 valence electrons. The van der Waals surface area contributed by atoms with Crippen LogP contribution in [0.3, 0.4) is 0 Å². The number of fused-ring (bicyclic) bond motifs is 1. The molecule has 3 rings (SSSR count). The summed E-state index contributed by atoms with van der Waals surface area (Å²) in [5.74, 6) is 0.508. The van der Waals surface area contributed by atoms with Crippen LogP contribution >= 0.6 is 11.6 Å². The molecular weight excluding hydrogens is 234 g/mol. The fraction of sp³-hybridized carbons (Fsp3) is 0.357. The Morgan fingerprint density at radius 1 is 1.41 bits per heavy atom. The molecule has 0 amide bonds. The van der Waals surface area contributed by atoms with Crippen molar-refractivity contribution >= 4 is 28.3 Å². The Balaban J connectivity index is 2.16. The number of H-pyrrole nitrogens is 1. The summed E-state index contributed by atoms with van der Waals surface area (Å²) in [4.78, 5) is 15.6. The van der Waals surface area contributed by atoms with Crippen LogP contribution in [0, 0.1) is 12.8 Å². The maximum atomic E-state index is 12.4. The summed E-state index contributed by atoms with van der Waals surface area (Å²) in [6.07, 6.45) is 3.25. The number of halogens is 1. The Bertz CT molecular complexity index is 596. The highest BCUT2D eigenvalue weighted by atomic mass is 35.5. The molecule has 0 atom stereocenters. The normalized spacial score (nSPS) is 16.1. The second kappa shape index (κ2) is 3.88. The van der Waals surface area contributed by atoms with Gasteiger partial charge < -0.3 is 4.98 Å². The SMILES string of the molecule is Cc1[nH]c2ccc(Cl)cc2c1C(=O)C1CCC1. The molecule has 1 aromatic carbocycles. The van der Waals surface area contributed by atoms with Crippen molar-refractivity contribution in [3.8, 4) is 0 Å². The van der Waals surface area contributed by atoms with E-state index in [0.717, 1.165) is 35.0 Å². The van der Waals surface area contributed by atoms with Crippen molar-refractivity contribution < 1.29 is 4.79 Å². The van der Waals surface area contributed by atoms with Gasteiger partial charge in [-0.25, -0.2) is 0 Å². The number of carbonyl (C=O) groups is 1. The first-order valence-electron chi connectivity index (χ1n) is 5.99. The lowest BCUT2D eigenvalue weighted by atomic mass is 9.79. The van der Waals surface area contributed by atoms with Crippen molar-refractivity contribution in [2.45, 2.75) is 26.2 Å². The lowest BCUT2D eigenvalue weighted by molar-refractivity contribution is 0.0856. The van der Waals surface area contributed by atoms with E-state index < -0.39 is 0 Å². The molecule has 1 aromatic heterocycles. The smallest absolute Gasteiger partial charge is 0.168 e. The first kappa shape index (κ1) is 10.8. The van der Waals surface area contributed by atoms with E-state index in [4.69, 9.17) is 11.6 Å². The average molecular weight is 248 g/mol. The number of hydrogen-bond acceptors (Lipinski definition) is 1. The fourth-order valence-corrected chi connectivity index (χ4v) is 2.66. The van der Waals surface area contributed by atoms with E-state index >= 15 is 0 Å². The zero-order valence-electron chi connectivity index (χ0n) is 9.72. The monoisotopic (exact) mass is 247 g/mol. The summed E-state index contributed by atoms with van der Waals surface area (Å²) in [5, 5.41) is 1.64. The number of benzene rings is 1. The van der Waals surface area contributed by atoms with E-state index in [1.807, 2.05) is 25.1 Å². The molecule has 1 aliphatic carbocycles. The minimum atomic E-state index is 0.228. The van der Waals surface area contributed by atoms with Gasteiger partial charge in [-0.1, -0.05) is 18.0 Å². The molecule has 0 spiro atoms. The van der Waals surface area contributed by atoms with Crippen LogP contribution in [0.5, 0.6) is 0 Å². The molecule has 1 fully saturated rings. The van der Waals surface area contributed by atoms with Gasteiger partial charge in [0.1, 0.15) is 0 Å². The van der Waals surface area contributed by atoms with Gasteiger partial charge in [0.05, 0.1) is 0 Å². The van der Waals surface area contributed by atoms with E-state index in [1.54, 1.807) is 0 Å². The van der Waals surface area contributed by atoms with Crippen molar-refractivity contribution in [1.82, 2.24) is 4.98 Å².